The van der Waals surface area contributed by atoms with Crippen molar-refractivity contribution in [3.8, 4) is 17.0 Å². The topological polar surface area (TPSA) is 107 Å². The van der Waals surface area contributed by atoms with E-state index in [1.807, 2.05) is 12.4 Å². The molecule has 36 heavy (non-hydrogen) atoms. The number of nitrogens with zero attached hydrogens (tertiary/aromatic N) is 5. The highest BCUT2D eigenvalue weighted by atomic mass is 16.5. The van der Waals surface area contributed by atoms with Gasteiger partial charge in [0.2, 0.25) is 5.95 Å². The lowest BCUT2D eigenvalue weighted by Gasteiger charge is -2.45. The van der Waals surface area contributed by atoms with Crippen LogP contribution in [0.5, 0.6) is 5.75 Å². The molecule has 6 heterocycles. The maximum Gasteiger partial charge on any atom is 0.213 e. The van der Waals surface area contributed by atoms with Crippen LogP contribution in [0.4, 0.5) is 5.95 Å². The van der Waals surface area contributed by atoms with E-state index >= 15 is 0 Å². The smallest absolute Gasteiger partial charge is 0.213 e. The van der Waals surface area contributed by atoms with Crippen molar-refractivity contribution in [2.75, 3.05) is 31.2 Å². The Morgan fingerprint density at radius 1 is 1.11 bits per heavy atom. The van der Waals surface area contributed by atoms with Crippen molar-refractivity contribution >= 4 is 22.6 Å². The van der Waals surface area contributed by atoms with E-state index in [2.05, 4.69) is 37.7 Å². The van der Waals surface area contributed by atoms with Gasteiger partial charge in [0, 0.05) is 42.5 Å². The minimum Gasteiger partial charge on any atom is -0.487 e. The Hall–Kier alpha value is -3.17. The highest BCUT2D eigenvalue weighted by Gasteiger charge is 2.45. The van der Waals surface area contributed by atoms with E-state index in [4.69, 9.17) is 25.2 Å². The van der Waals surface area contributed by atoms with Crippen molar-refractivity contribution in [2.45, 2.75) is 56.6 Å². The number of piperidine rings is 1. The molecule has 8 rings (SSSR count). The molecule has 3 aliphatic heterocycles. The van der Waals surface area contributed by atoms with E-state index in [1.54, 1.807) is 0 Å². The first-order chi connectivity index (χ1) is 17.6. The number of aromatic nitrogens is 5. The van der Waals surface area contributed by atoms with E-state index in [1.165, 1.54) is 24.8 Å². The summed E-state index contributed by atoms with van der Waals surface area (Å²) >= 11 is 0. The van der Waals surface area contributed by atoms with E-state index in [-0.39, 0.29) is 17.1 Å². The van der Waals surface area contributed by atoms with Crippen molar-refractivity contribution in [3.05, 3.63) is 36.2 Å². The molecule has 1 atom stereocenters. The summed E-state index contributed by atoms with van der Waals surface area (Å²) < 4.78 is 14.3. The van der Waals surface area contributed by atoms with E-state index in [0.29, 0.717) is 12.3 Å². The molecule has 1 aromatic carbocycles. The van der Waals surface area contributed by atoms with Crippen LogP contribution in [0, 0.1) is 5.41 Å². The fraction of sp³-hybridized carbons (Fsp3) is 0.519. The van der Waals surface area contributed by atoms with Gasteiger partial charge in [-0.2, -0.15) is 10.1 Å². The van der Waals surface area contributed by atoms with Gasteiger partial charge in [0.25, 0.3) is 0 Å². The van der Waals surface area contributed by atoms with Crippen LogP contribution in [0.1, 0.15) is 44.1 Å². The van der Waals surface area contributed by atoms with Crippen LogP contribution in [-0.4, -0.2) is 62.5 Å². The Bertz CT molecular complexity index is 1480. The number of anilines is 1. The second-order valence-electron chi connectivity index (χ2n) is 11.3. The average Bonchev–Trinajstić information content (AvgIpc) is 3.61. The van der Waals surface area contributed by atoms with Crippen molar-refractivity contribution in [1.82, 2.24) is 24.6 Å². The molecule has 4 aromatic rings. The lowest BCUT2D eigenvalue weighted by molar-refractivity contribution is -0.0248. The van der Waals surface area contributed by atoms with Gasteiger partial charge in [-0.3, -0.25) is 9.50 Å². The van der Waals surface area contributed by atoms with Crippen LogP contribution in [0.25, 0.3) is 27.9 Å². The largest absolute Gasteiger partial charge is 0.487 e. The first kappa shape index (κ1) is 21.0. The number of aryl methyl sites for hydroxylation is 1. The number of H-pyrrole nitrogens is 1. The minimum absolute atomic E-state index is 0.0655. The summed E-state index contributed by atoms with van der Waals surface area (Å²) in [6.45, 7) is 3.22. The first-order valence-electron chi connectivity index (χ1n) is 13.2. The summed E-state index contributed by atoms with van der Waals surface area (Å²) in [5, 5.41) is 8.85. The maximum atomic E-state index is 6.53. The molecule has 4 aliphatic rings. The molecule has 2 spiro atoms. The number of hydrogen-bond acceptors (Lipinski definition) is 7. The summed E-state index contributed by atoms with van der Waals surface area (Å²) in [7, 11) is 0. The van der Waals surface area contributed by atoms with E-state index in [0.717, 1.165) is 79.4 Å². The zero-order valence-electron chi connectivity index (χ0n) is 20.4. The van der Waals surface area contributed by atoms with Crippen molar-refractivity contribution in [1.29, 1.82) is 0 Å². The lowest BCUT2D eigenvalue weighted by Crippen LogP contribution is -2.49. The molecule has 3 fully saturated rings. The van der Waals surface area contributed by atoms with Gasteiger partial charge in [-0.25, -0.2) is 4.98 Å². The van der Waals surface area contributed by atoms with Crippen LogP contribution < -0.4 is 15.4 Å². The van der Waals surface area contributed by atoms with Gasteiger partial charge >= 0.3 is 0 Å². The zero-order chi connectivity index (χ0) is 23.9. The number of aromatic amines is 1. The molecule has 3 aromatic heterocycles. The summed E-state index contributed by atoms with van der Waals surface area (Å²) in [6, 6.07) is 6.66. The summed E-state index contributed by atoms with van der Waals surface area (Å²) in [5.41, 5.74) is 11.4. The van der Waals surface area contributed by atoms with Crippen LogP contribution in [-0.2, 0) is 11.2 Å². The first-order valence-corrected chi connectivity index (χ1v) is 13.2. The summed E-state index contributed by atoms with van der Waals surface area (Å²) in [6.07, 6.45) is 11.7. The quantitative estimate of drug-likeness (QED) is 0.448. The lowest BCUT2D eigenvalue weighted by atomic mass is 9.74. The van der Waals surface area contributed by atoms with Crippen LogP contribution in [0.2, 0.25) is 0 Å². The SMILES string of the molecule is N[C@@H]1COCC12CCN(c1nc3n[nH]c(-c4ccc5c(c4)OC4(CCC4)CC5)c3c3nccn13)CC2. The molecule has 3 N–H and O–H groups in total. The molecule has 0 radical (unpaired) electrons. The van der Waals surface area contributed by atoms with Gasteiger partial charge in [0.15, 0.2) is 11.3 Å². The fourth-order valence-electron chi connectivity index (χ4n) is 6.78. The molecule has 0 amide bonds. The van der Waals surface area contributed by atoms with Crippen LogP contribution in [0.15, 0.2) is 30.6 Å². The predicted molar refractivity (Wildman–Crippen MR) is 136 cm³/mol. The highest BCUT2D eigenvalue weighted by Crippen LogP contribution is 2.46. The Balaban J connectivity index is 1.17. The number of imidazole rings is 1. The number of benzene rings is 1. The molecule has 0 bridgehead atoms. The molecular weight excluding hydrogens is 454 g/mol. The number of hydrogen-bond donors (Lipinski definition) is 2. The Morgan fingerprint density at radius 3 is 2.78 bits per heavy atom. The molecule has 9 heteroatoms. The number of fused-ring (bicyclic) bond motifs is 4. The Labute approximate surface area is 209 Å². The van der Waals surface area contributed by atoms with Crippen LogP contribution >= 0.6 is 0 Å². The summed E-state index contributed by atoms with van der Waals surface area (Å²) in [4.78, 5) is 12.1. The standard InChI is InChI=1S/C27H31N7O2/c28-20-15-35-16-26(20)8-11-33(12-9-26)25-30-23-21(24-29-10-13-34(24)25)22(31-32-23)18-3-2-17-4-7-27(5-1-6-27)36-19(17)14-18/h2-3,10,13-14,20H,1,4-9,11-12,15-16,28H2,(H,31,32)/t20-/m1/s1. The van der Waals surface area contributed by atoms with Gasteiger partial charge in [-0.15, -0.1) is 0 Å². The maximum absolute atomic E-state index is 6.53. The molecule has 9 nitrogen and oxygen atoms in total. The molecule has 0 unspecified atom stereocenters. The fourth-order valence-corrected chi connectivity index (χ4v) is 6.78. The molecule has 2 saturated heterocycles. The summed E-state index contributed by atoms with van der Waals surface area (Å²) in [5.74, 6) is 1.90. The molecule has 186 valence electrons. The molecule has 1 saturated carbocycles. The van der Waals surface area contributed by atoms with Gasteiger partial charge < -0.3 is 20.1 Å². The third kappa shape index (κ3) is 2.93. The predicted octanol–water partition coefficient (Wildman–Crippen LogP) is 3.46. The van der Waals surface area contributed by atoms with Crippen molar-refractivity contribution in [3.63, 3.8) is 0 Å². The van der Waals surface area contributed by atoms with E-state index in [9.17, 15) is 0 Å². The number of rotatable bonds is 2. The number of nitrogens with two attached hydrogens (primary N) is 1. The van der Waals surface area contributed by atoms with Gasteiger partial charge in [0.05, 0.1) is 24.3 Å². The van der Waals surface area contributed by atoms with Gasteiger partial charge in [-0.05, 0) is 56.6 Å². The van der Waals surface area contributed by atoms with Crippen molar-refractivity contribution in [2.24, 2.45) is 11.1 Å². The third-order valence-electron chi connectivity index (χ3n) is 9.35. The average molecular weight is 486 g/mol. The Kier molecular flexibility index (Phi) is 4.32. The van der Waals surface area contributed by atoms with E-state index < -0.39 is 0 Å². The highest BCUT2D eigenvalue weighted by molar-refractivity contribution is 6.01. The van der Waals surface area contributed by atoms with Crippen LogP contribution in [0.3, 0.4) is 0 Å². The third-order valence-corrected chi connectivity index (χ3v) is 9.35. The normalized spacial score (nSPS) is 24.4. The minimum atomic E-state index is 0.0655. The van der Waals surface area contributed by atoms with Gasteiger partial charge in [0.1, 0.15) is 11.4 Å². The second-order valence-corrected chi connectivity index (χ2v) is 11.3. The number of nitrogens with one attached hydrogen (secondary N) is 1. The molecule has 1 aliphatic carbocycles. The Morgan fingerprint density at radius 2 is 2.00 bits per heavy atom. The number of ether oxygens (including phenoxy) is 2. The monoisotopic (exact) mass is 485 g/mol. The van der Waals surface area contributed by atoms with Gasteiger partial charge in [-0.1, -0.05) is 12.1 Å². The second kappa shape index (κ2) is 7.43. The molecular formula is C27H31N7O2. The van der Waals surface area contributed by atoms with Crippen molar-refractivity contribution < 1.29 is 9.47 Å². The zero-order valence-corrected chi connectivity index (χ0v) is 20.4.